The maximum Gasteiger partial charge on any atom is 0.135 e. The van der Waals surface area contributed by atoms with Gasteiger partial charge in [0.15, 0.2) is 0 Å². The number of aromatic hydroxyl groups is 1. The summed E-state index contributed by atoms with van der Waals surface area (Å²) in [6.07, 6.45) is 0.716. The second-order valence-electron chi connectivity index (χ2n) is 5.43. The lowest BCUT2D eigenvalue weighted by Gasteiger charge is -2.15. The summed E-state index contributed by atoms with van der Waals surface area (Å²) in [6, 6.07) is 3.20. The molecular weight excluding hydrogens is 297 g/mol. The Bertz CT molecular complexity index is 667. The van der Waals surface area contributed by atoms with Gasteiger partial charge in [-0.05, 0) is 12.1 Å². The zero-order chi connectivity index (χ0) is 14.4. The summed E-state index contributed by atoms with van der Waals surface area (Å²) in [7, 11) is 0. The van der Waals surface area contributed by atoms with E-state index in [2.05, 4.69) is 28.6 Å². The Balaban J connectivity index is 1.99. The van der Waals surface area contributed by atoms with Gasteiger partial charge in [0.25, 0.3) is 0 Å². The van der Waals surface area contributed by atoms with Crippen molar-refractivity contribution >= 4 is 23.2 Å². The highest BCUT2D eigenvalue weighted by atomic mass is 35.5. The first kappa shape index (κ1) is 13.7. The molecule has 2 heterocycles. The maximum absolute atomic E-state index is 10.1. The number of benzene rings is 1. The molecule has 1 aromatic carbocycles. The second kappa shape index (κ2) is 4.93. The summed E-state index contributed by atoms with van der Waals surface area (Å²) >= 11 is 12.3. The van der Waals surface area contributed by atoms with Crippen molar-refractivity contribution in [2.45, 2.75) is 38.6 Å². The normalized spacial score (nSPS) is 17.8. The van der Waals surface area contributed by atoms with Crippen LogP contribution in [0.1, 0.15) is 42.9 Å². The number of rotatable bonds is 2. The summed E-state index contributed by atoms with van der Waals surface area (Å²) in [5.41, 5.74) is 0.708. The van der Waals surface area contributed by atoms with E-state index in [4.69, 9.17) is 23.2 Å². The van der Waals surface area contributed by atoms with Crippen LogP contribution in [0.4, 0.5) is 0 Å². The Morgan fingerprint density at radius 2 is 2.05 bits per heavy atom. The van der Waals surface area contributed by atoms with E-state index in [1.165, 1.54) is 0 Å². The molecule has 1 aliphatic rings. The van der Waals surface area contributed by atoms with Crippen molar-refractivity contribution in [1.29, 1.82) is 0 Å². The van der Waals surface area contributed by atoms with E-state index in [0.717, 1.165) is 18.2 Å². The molecule has 0 spiro atoms. The van der Waals surface area contributed by atoms with Crippen LogP contribution in [0.25, 0.3) is 0 Å². The summed E-state index contributed by atoms with van der Waals surface area (Å²) in [5, 5.41) is 19.4. The largest absolute Gasteiger partial charge is 0.508 e. The third-order valence-electron chi connectivity index (χ3n) is 3.72. The van der Waals surface area contributed by atoms with Crippen LogP contribution in [0.2, 0.25) is 10.0 Å². The average molecular weight is 312 g/mol. The monoisotopic (exact) mass is 311 g/mol. The number of aromatic nitrogens is 3. The Labute approximate surface area is 127 Å². The lowest BCUT2D eigenvalue weighted by molar-refractivity contribution is 0.458. The number of fused-ring (bicyclic) bond motifs is 1. The van der Waals surface area contributed by atoms with E-state index in [9.17, 15) is 5.11 Å². The molecule has 20 heavy (non-hydrogen) atoms. The topological polar surface area (TPSA) is 50.9 Å². The highest BCUT2D eigenvalue weighted by Crippen LogP contribution is 2.42. The van der Waals surface area contributed by atoms with Gasteiger partial charge in [-0.25, -0.2) is 0 Å². The number of phenolic OH excluding ortho intramolecular Hbond substituents is 1. The van der Waals surface area contributed by atoms with E-state index in [-0.39, 0.29) is 11.7 Å². The highest BCUT2D eigenvalue weighted by molar-refractivity contribution is 6.42. The molecule has 3 rings (SSSR count). The Hall–Kier alpha value is -1.26. The van der Waals surface area contributed by atoms with Crippen LogP contribution >= 0.6 is 23.2 Å². The molecule has 4 nitrogen and oxygen atoms in total. The minimum Gasteiger partial charge on any atom is -0.508 e. The lowest BCUT2D eigenvalue weighted by Crippen LogP contribution is -2.07. The molecule has 1 aromatic heterocycles. The van der Waals surface area contributed by atoms with Crippen LogP contribution in [-0.2, 0) is 13.0 Å². The highest BCUT2D eigenvalue weighted by Gasteiger charge is 2.31. The fraction of sp³-hybridized carbons (Fsp3) is 0.429. The first-order chi connectivity index (χ1) is 9.49. The smallest absolute Gasteiger partial charge is 0.135 e. The molecule has 0 bridgehead atoms. The quantitative estimate of drug-likeness (QED) is 0.918. The van der Waals surface area contributed by atoms with Crippen LogP contribution in [-0.4, -0.2) is 19.9 Å². The van der Waals surface area contributed by atoms with Crippen molar-refractivity contribution in [3.8, 4) is 5.75 Å². The van der Waals surface area contributed by atoms with E-state index < -0.39 is 0 Å². The third-order valence-corrected chi connectivity index (χ3v) is 4.54. The van der Waals surface area contributed by atoms with Gasteiger partial charge in [-0.3, -0.25) is 0 Å². The van der Waals surface area contributed by atoms with E-state index in [0.29, 0.717) is 27.9 Å². The number of phenols is 1. The van der Waals surface area contributed by atoms with Gasteiger partial charge in [0.1, 0.15) is 17.4 Å². The van der Waals surface area contributed by atoms with E-state index in [1.54, 1.807) is 12.1 Å². The van der Waals surface area contributed by atoms with Crippen LogP contribution in [0.15, 0.2) is 12.1 Å². The van der Waals surface area contributed by atoms with Gasteiger partial charge in [0.05, 0.1) is 10.0 Å². The molecule has 0 saturated heterocycles. The molecule has 1 atom stereocenters. The Kier molecular flexibility index (Phi) is 3.38. The lowest BCUT2D eigenvalue weighted by atomic mass is 9.96. The molecule has 0 aliphatic carbocycles. The van der Waals surface area contributed by atoms with Crippen molar-refractivity contribution in [3.05, 3.63) is 39.4 Å². The first-order valence-corrected chi connectivity index (χ1v) is 7.33. The summed E-state index contributed by atoms with van der Waals surface area (Å²) in [6.45, 7) is 4.91. The summed E-state index contributed by atoms with van der Waals surface area (Å²) < 4.78 is 2.12. The second-order valence-corrected chi connectivity index (χ2v) is 6.22. The molecule has 2 aromatic rings. The van der Waals surface area contributed by atoms with Crippen molar-refractivity contribution in [3.63, 3.8) is 0 Å². The van der Waals surface area contributed by atoms with Gasteiger partial charge in [0.2, 0.25) is 0 Å². The Morgan fingerprint density at radius 1 is 1.30 bits per heavy atom. The molecule has 6 heteroatoms. The number of hydrogen-bond donors (Lipinski definition) is 1. The standard InChI is InChI=1S/C14H15Cl2N3O/c1-7(2)14-18-17-11-5-8(6-19(11)14)12-10(20)4-3-9(15)13(12)16/h3-4,7-8,20H,5-6H2,1-2H3. The predicted molar refractivity (Wildman–Crippen MR) is 78.7 cm³/mol. The summed E-state index contributed by atoms with van der Waals surface area (Å²) in [5.74, 6) is 2.51. The van der Waals surface area contributed by atoms with Crippen LogP contribution in [0.5, 0.6) is 5.75 Å². The predicted octanol–water partition coefficient (Wildman–Crippen LogP) is 3.75. The van der Waals surface area contributed by atoms with Crippen molar-refractivity contribution in [2.24, 2.45) is 0 Å². The molecule has 0 amide bonds. The van der Waals surface area contributed by atoms with Crippen LogP contribution < -0.4 is 0 Å². The van der Waals surface area contributed by atoms with E-state index >= 15 is 0 Å². The van der Waals surface area contributed by atoms with Gasteiger partial charge >= 0.3 is 0 Å². The molecule has 0 fully saturated rings. The zero-order valence-corrected chi connectivity index (χ0v) is 12.8. The molecule has 106 valence electrons. The molecule has 0 radical (unpaired) electrons. The van der Waals surface area contributed by atoms with Gasteiger partial charge in [-0.15, -0.1) is 10.2 Å². The Morgan fingerprint density at radius 3 is 2.75 bits per heavy atom. The van der Waals surface area contributed by atoms with Crippen molar-refractivity contribution < 1.29 is 5.11 Å². The van der Waals surface area contributed by atoms with Gasteiger partial charge in [0, 0.05) is 30.4 Å². The number of halogens is 2. The number of nitrogens with zero attached hydrogens (tertiary/aromatic N) is 3. The number of hydrogen-bond acceptors (Lipinski definition) is 3. The van der Waals surface area contributed by atoms with Gasteiger partial charge < -0.3 is 9.67 Å². The minimum atomic E-state index is 0.0872. The van der Waals surface area contributed by atoms with Crippen molar-refractivity contribution in [1.82, 2.24) is 14.8 Å². The molecule has 1 N–H and O–H groups in total. The maximum atomic E-state index is 10.1. The zero-order valence-electron chi connectivity index (χ0n) is 11.3. The van der Waals surface area contributed by atoms with E-state index in [1.807, 2.05) is 0 Å². The van der Waals surface area contributed by atoms with Crippen LogP contribution in [0, 0.1) is 0 Å². The fourth-order valence-corrected chi connectivity index (χ4v) is 3.25. The van der Waals surface area contributed by atoms with Gasteiger partial charge in [-0.2, -0.15) is 0 Å². The molecule has 0 saturated carbocycles. The SMILES string of the molecule is CC(C)c1nnc2n1CC(c1c(O)ccc(Cl)c1Cl)C2. The fourth-order valence-electron chi connectivity index (χ4n) is 2.77. The van der Waals surface area contributed by atoms with Gasteiger partial charge in [-0.1, -0.05) is 37.0 Å². The molecule has 1 aliphatic heterocycles. The third kappa shape index (κ3) is 2.07. The minimum absolute atomic E-state index is 0.0872. The molecule has 1 unspecified atom stereocenters. The van der Waals surface area contributed by atoms with Crippen LogP contribution in [0.3, 0.4) is 0 Å². The first-order valence-electron chi connectivity index (χ1n) is 6.58. The average Bonchev–Trinajstić information content (AvgIpc) is 2.93. The molecular formula is C14H15Cl2N3O. The van der Waals surface area contributed by atoms with Crippen molar-refractivity contribution in [2.75, 3.05) is 0 Å². The summed E-state index contributed by atoms with van der Waals surface area (Å²) in [4.78, 5) is 0.